The monoisotopic (exact) mass is 337 g/mol. The van der Waals surface area contributed by atoms with E-state index in [9.17, 15) is 4.79 Å². The first kappa shape index (κ1) is 22.6. The summed E-state index contributed by atoms with van der Waals surface area (Å²) in [5.41, 5.74) is 3.35. The van der Waals surface area contributed by atoms with E-state index >= 15 is 0 Å². The maximum atomic E-state index is 11.8. The Morgan fingerprint density at radius 2 is 1.79 bits per heavy atom. The predicted molar refractivity (Wildman–Crippen MR) is 101 cm³/mol. The van der Waals surface area contributed by atoms with Gasteiger partial charge in [-0.2, -0.15) is 0 Å². The maximum absolute atomic E-state index is 11.8. The lowest BCUT2D eigenvalue weighted by molar-refractivity contribution is -0.138. The molecule has 0 N–H and O–H groups in total. The Bertz CT molecular complexity index is 462. The van der Waals surface area contributed by atoms with Crippen LogP contribution in [0.5, 0.6) is 0 Å². The number of carbonyl (C=O) groups is 1. The lowest BCUT2D eigenvalue weighted by Crippen LogP contribution is -2.27. The third-order valence-corrected chi connectivity index (χ3v) is 3.86. The highest BCUT2D eigenvalue weighted by Crippen LogP contribution is 2.15. The fraction of sp³-hybridized carbons (Fsp3) is 0.650. The van der Waals surface area contributed by atoms with Crippen molar-refractivity contribution in [1.82, 2.24) is 4.90 Å². The van der Waals surface area contributed by atoms with Gasteiger partial charge >= 0.3 is 5.97 Å². The molecule has 0 heterocycles. The minimum atomic E-state index is -0.232. The summed E-state index contributed by atoms with van der Waals surface area (Å²) in [5, 5.41) is 0. The average Bonchev–Trinajstić information content (AvgIpc) is 2.52. The number of esters is 1. The van der Waals surface area contributed by atoms with Crippen LogP contribution in [0.4, 0.5) is 0 Å². The SMILES string of the molecule is CCOC(=O)/C(C)=C/C(C/C(C)=C/CC/C(C)=C\COC)N(C)C. The first-order valence-corrected chi connectivity index (χ1v) is 8.63. The Labute approximate surface area is 148 Å². The summed E-state index contributed by atoms with van der Waals surface area (Å²) in [5.74, 6) is -0.232. The molecule has 0 spiro atoms. The van der Waals surface area contributed by atoms with E-state index in [4.69, 9.17) is 9.47 Å². The van der Waals surface area contributed by atoms with Crippen molar-refractivity contribution in [3.63, 3.8) is 0 Å². The van der Waals surface area contributed by atoms with Crippen LogP contribution in [0.1, 0.15) is 47.0 Å². The van der Waals surface area contributed by atoms with Gasteiger partial charge in [-0.25, -0.2) is 4.79 Å². The van der Waals surface area contributed by atoms with E-state index in [0.29, 0.717) is 18.8 Å². The Kier molecular flexibility index (Phi) is 12.2. The predicted octanol–water partition coefficient (Wildman–Crippen LogP) is 4.14. The van der Waals surface area contributed by atoms with Crippen molar-refractivity contribution >= 4 is 5.97 Å². The maximum Gasteiger partial charge on any atom is 0.333 e. The zero-order chi connectivity index (χ0) is 18.5. The average molecular weight is 338 g/mol. The molecule has 4 heteroatoms. The van der Waals surface area contributed by atoms with Crippen molar-refractivity contribution in [2.24, 2.45) is 0 Å². The first-order valence-electron chi connectivity index (χ1n) is 8.63. The van der Waals surface area contributed by atoms with Crippen molar-refractivity contribution in [3.8, 4) is 0 Å². The molecule has 0 aliphatic heterocycles. The molecule has 0 bridgehead atoms. The Morgan fingerprint density at radius 3 is 2.33 bits per heavy atom. The van der Waals surface area contributed by atoms with Gasteiger partial charge in [0, 0.05) is 18.7 Å². The van der Waals surface area contributed by atoms with E-state index in [1.807, 2.05) is 34.0 Å². The third kappa shape index (κ3) is 10.4. The van der Waals surface area contributed by atoms with Crippen LogP contribution in [-0.2, 0) is 14.3 Å². The van der Waals surface area contributed by atoms with Crippen LogP contribution in [0.2, 0.25) is 0 Å². The van der Waals surface area contributed by atoms with Crippen molar-refractivity contribution in [3.05, 3.63) is 34.9 Å². The van der Waals surface area contributed by atoms with E-state index < -0.39 is 0 Å². The highest BCUT2D eigenvalue weighted by molar-refractivity contribution is 5.87. The molecular formula is C20H35NO3. The molecule has 4 nitrogen and oxygen atoms in total. The molecule has 138 valence electrons. The van der Waals surface area contributed by atoms with E-state index in [1.54, 1.807) is 7.11 Å². The fourth-order valence-corrected chi connectivity index (χ4v) is 2.28. The summed E-state index contributed by atoms with van der Waals surface area (Å²) in [6, 6.07) is 0.191. The zero-order valence-corrected chi connectivity index (χ0v) is 16.5. The largest absolute Gasteiger partial charge is 0.463 e. The molecule has 0 saturated heterocycles. The van der Waals surface area contributed by atoms with Crippen molar-refractivity contribution in [2.75, 3.05) is 34.4 Å². The van der Waals surface area contributed by atoms with Gasteiger partial charge in [0.05, 0.1) is 13.2 Å². The Morgan fingerprint density at radius 1 is 1.12 bits per heavy atom. The number of hydrogen-bond acceptors (Lipinski definition) is 4. The van der Waals surface area contributed by atoms with Gasteiger partial charge in [0.1, 0.15) is 0 Å². The van der Waals surface area contributed by atoms with E-state index in [1.165, 1.54) is 11.1 Å². The molecule has 1 unspecified atom stereocenters. The molecule has 0 saturated carbocycles. The molecule has 0 radical (unpaired) electrons. The number of likely N-dealkylation sites (N-methyl/N-ethyl adjacent to an activating group) is 1. The molecule has 0 amide bonds. The van der Waals surface area contributed by atoms with E-state index in [-0.39, 0.29) is 12.0 Å². The molecule has 0 aliphatic carbocycles. The van der Waals surface area contributed by atoms with Gasteiger partial charge < -0.3 is 14.4 Å². The van der Waals surface area contributed by atoms with E-state index in [2.05, 4.69) is 30.9 Å². The molecule has 0 aromatic rings. The van der Waals surface area contributed by atoms with Crippen LogP contribution in [-0.4, -0.2) is 51.3 Å². The second kappa shape index (κ2) is 13.0. The van der Waals surface area contributed by atoms with Gasteiger partial charge in [0.2, 0.25) is 0 Å². The normalized spacial score (nSPS) is 14.9. The summed E-state index contributed by atoms with van der Waals surface area (Å²) in [6.07, 6.45) is 9.39. The Hall–Kier alpha value is -1.39. The van der Waals surface area contributed by atoms with Gasteiger partial charge in [0.25, 0.3) is 0 Å². The van der Waals surface area contributed by atoms with Crippen LogP contribution in [0.15, 0.2) is 34.9 Å². The highest BCUT2D eigenvalue weighted by Gasteiger charge is 2.13. The third-order valence-electron chi connectivity index (χ3n) is 3.86. The van der Waals surface area contributed by atoms with Crippen LogP contribution < -0.4 is 0 Å². The fourth-order valence-electron chi connectivity index (χ4n) is 2.28. The van der Waals surface area contributed by atoms with Gasteiger partial charge in [-0.15, -0.1) is 0 Å². The number of methoxy groups -OCH3 is 1. The van der Waals surface area contributed by atoms with Gasteiger partial charge in [-0.1, -0.05) is 29.4 Å². The molecule has 0 aliphatic rings. The summed E-state index contributed by atoms with van der Waals surface area (Å²) in [4.78, 5) is 13.9. The minimum Gasteiger partial charge on any atom is -0.463 e. The quantitative estimate of drug-likeness (QED) is 0.323. The van der Waals surface area contributed by atoms with Crippen molar-refractivity contribution in [1.29, 1.82) is 0 Å². The number of rotatable bonds is 11. The number of hydrogen-bond donors (Lipinski definition) is 0. The van der Waals surface area contributed by atoms with Crippen LogP contribution in [0.3, 0.4) is 0 Å². The molecular weight excluding hydrogens is 302 g/mol. The summed E-state index contributed by atoms with van der Waals surface area (Å²) < 4.78 is 10.1. The van der Waals surface area contributed by atoms with Crippen molar-refractivity contribution in [2.45, 2.75) is 53.0 Å². The van der Waals surface area contributed by atoms with Gasteiger partial charge in [-0.05, 0) is 61.1 Å². The van der Waals surface area contributed by atoms with Crippen molar-refractivity contribution < 1.29 is 14.3 Å². The first-order chi connectivity index (χ1) is 11.3. The van der Waals surface area contributed by atoms with E-state index in [0.717, 1.165) is 19.3 Å². The standard InChI is InChI=1S/C20H35NO3/c1-8-24-20(22)18(4)15-19(21(5)6)14-17(3)11-9-10-16(2)12-13-23-7/h11-12,15,19H,8-10,13-14H2,1-7H3/b16-12-,17-11+,18-15+. The molecule has 24 heavy (non-hydrogen) atoms. The molecule has 0 fully saturated rings. The highest BCUT2D eigenvalue weighted by atomic mass is 16.5. The van der Waals surface area contributed by atoms with Crippen LogP contribution in [0.25, 0.3) is 0 Å². The number of ether oxygens (including phenoxy) is 2. The molecule has 0 aromatic carbocycles. The lowest BCUT2D eigenvalue weighted by atomic mass is 10.0. The summed E-state index contributed by atoms with van der Waals surface area (Å²) in [6.45, 7) is 9.01. The van der Waals surface area contributed by atoms with Gasteiger partial charge in [-0.3, -0.25) is 0 Å². The van der Waals surface area contributed by atoms with Gasteiger partial charge in [0.15, 0.2) is 0 Å². The molecule has 0 aromatic heterocycles. The molecule has 0 rings (SSSR count). The summed E-state index contributed by atoms with van der Waals surface area (Å²) >= 11 is 0. The molecule has 1 atom stereocenters. The zero-order valence-electron chi connectivity index (χ0n) is 16.5. The Balaban J connectivity index is 4.68. The topological polar surface area (TPSA) is 38.8 Å². The number of allylic oxidation sites excluding steroid dienone is 2. The van der Waals surface area contributed by atoms with Crippen LogP contribution >= 0.6 is 0 Å². The number of carbonyl (C=O) groups excluding carboxylic acids is 1. The smallest absolute Gasteiger partial charge is 0.333 e. The second-order valence-corrected chi connectivity index (χ2v) is 6.40. The minimum absolute atomic E-state index is 0.191. The van der Waals surface area contributed by atoms with Crippen LogP contribution in [0, 0.1) is 0 Å². The number of nitrogens with zero attached hydrogens (tertiary/aromatic N) is 1. The summed E-state index contributed by atoms with van der Waals surface area (Å²) in [7, 11) is 5.77. The second-order valence-electron chi connectivity index (χ2n) is 6.40. The lowest BCUT2D eigenvalue weighted by Gasteiger charge is -2.22.